The SMILES string of the molecule is NC1CCC2CN(C(=O)Nc3ccc(F)cc3)CC12. The summed E-state index contributed by atoms with van der Waals surface area (Å²) >= 11 is 0. The average Bonchev–Trinajstić information content (AvgIpc) is 2.95. The summed E-state index contributed by atoms with van der Waals surface area (Å²) in [6.07, 6.45) is 2.19. The molecule has 3 rings (SSSR count). The highest BCUT2D eigenvalue weighted by atomic mass is 19.1. The van der Waals surface area contributed by atoms with E-state index in [1.54, 1.807) is 12.1 Å². The van der Waals surface area contributed by atoms with Crippen LogP contribution in [0, 0.1) is 17.7 Å². The summed E-state index contributed by atoms with van der Waals surface area (Å²) in [5.41, 5.74) is 6.67. The Morgan fingerprint density at radius 1 is 1.26 bits per heavy atom. The molecule has 1 aromatic carbocycles. The number of carbonyl (C=O) groups excluding carboxylic acids is 1. The van der Waals surface area contributed by atoms with Gasteiger partial charge in [-0.2, -0.15) is 0 Å². The Bertz CT molecular complexity index is 476. The summed E-state index contributed by atoms with van der Waals surface area (Å²) in [6, 6.07) is 5.92. The summed E-state index contributed by atoms with van der Waals surface area (Å²) in [7, 11) is 0. The van der Waals surface area contributed by atoms with Crippen LogP contribution in [-0.4, -0.2) is 30.1 Å². The molecule has 4 nitrogen and oxygen atoms in total. The van der Waals surface area contributed by atoms with E-state index in [1.807, 2.05) is 4.90 Å². The smallest absolute Gasteiger partial charge is 0.321 e. The Morgan fingerprint density at radius 3 is 2.68 bits per heavy atom. The lowest BCUT2D eigenvalue weighted by Gasteiger charge is -2.19. The number of carbonyl (C=O) groups is 1. The van der Waals surface area contributed by atoms with Crippen LogP contribution in [0.15, 0.2) is 24.3 Å². The number of rotatable bonds is 1. The zero-order chi connectivity index (χ0) is 13.4. The Hall–Kier alpha value is -1.62. The normalized spacial score (nSPS) is 29.4. The molecule has 0 bridgehead atoms. The number of likely N-dealkylation sites (tertiary alicyclic amines) is 1. The van der Waals surface area contributed by atoms with Crippen molar-refractivity contribution in [2.24, 2.45) is 17.6 Å². The van der Waals surface area contributed by atoms with Crippen LogP contribution in [-0.2, 0) is 0 Å². The lowest BCUT2D eigenvalue weighted by Crippen LogP contribution is -2.36. The number of nitrogens with two attached hydrogens (primary N) is 1. The summed E-state index contributed by atoms with van der Waals surface area (Å²) in [4.78, 5) is 13.9. The molecule has 2 amide bonds. The van der Waals surface area contributed by atoms with Gasteiger partial charge in [-0.05, 0) is 48.9 Å². The van der Waals surface area contributed by atoms with Gasteiger partial charge in [0.2, 0.25) is 0 Å². The topological polar surface area (TPSA) is 58.4 Å². The number of hydrogen-bond donors (Lipinski definition) is 2. The summed E-state index contributed by atoms with van der Waals surface area (Å²) in [6.45, 7) is 1.52. The van der Waals surface area contributed by atoms with Gasteiger partial charge in [-0.15, -0.1) is 0 Å². The van der Waals surface area contributed by atoms with E-state index in [9.17, 15) is 9.18 Å². The predicted octanol–water partition coefficient (Wildman–Crippen LogP) is 2.03. The van der Waals surface area contributed by atoms with Crippen LogP contribution in [0.3, 0.4) is 0 Å². The van der Waals surface area contributed by atoms with E-state index in [-0.39, 0.29) is 17.9 Å². The molecule has 102 valence electrons. The van der Waals surface area contributed by atoms with Crippen LogP contribution in [0.1, 0.15) is 12.8 Å². The Labute approximate surface area is 111 Å². The van der Waals surface area contributed by atoms with Gasteiger partial charge in [-0.3, -0.25) is 0 Å². The van der Waals surface area contributed by atoms with Gasteiger partial charge < -0.3 is 16.0 Å². The highest BCUT2D eigenvalue weighted by Crippen LogP contribution is 2.37. The highest BCUT2D eigenvalue weighted by Gasteiger charge is 2.42. The molecule has 2 aliphatic rings. The van der Waals surface area contributed by atoms with Crippen molar-refractivity contribution in [2.75, 3.05) is 18.4 Å². The first-order chi connectivity index (χ1) is 9.13. The van der Waals surface area contributed by atoms with E-state index in [1.165, 1.54) is 12.1 Å². The number of benzene rings is 1. The number of amides is 2. The van der Waals surface area contributed by atoms with Gasteiger partial charge in [0.05, 0.1) is 0 Å². The molecular formula is C14H18FN3O. The summed E-state index contributed by atoms with van der Waals surface area (Å²) < 4.78 is 12.8. The first-order valence-corrected chi connectivity index (χ1v) is 6.70. The summed E-state index contributed by atoms with van der Waals surface area (Å²) in [5.74, 6) is 0.688. The number of fused-ring (bicyclic) bond motifs is 1. The van der Waals surface area contributed by atoms with Crippen molar-refractivity contribution in [3.05, 3.63) is 30.1 Å². The number of anilines is 1. The minimum absolute atomic E-state index is 0.117. The molecule has 5 heteroatoms. The minimum atomic E-state index is -0.306. The van der Waals surface area contributed by atoms with Crippen LogP contribution >= 0.6 is 0 Å². The van der Waals surface area contributed by atoms with Crippen molar-refractivity contribution in [2.45, 2.75) is 18.9 Å². The molecule has 3 unspecified atom stereocenters. The van der Waals surface area contributed by atoms with Crippen molar-refractivity contribution >= 4 is 11.7 Å². The van der Waals surface area contributed by atoms with E-state index < -0.39 is 0 Å². The Morgan fingerprint density at radius 2 is 2.00 bits per heavy atom. The van der Waals surface area contributed by atoms with Gasteiger partial charge in [0.25, 0.3) is 0 Å². The molecule has 1 heterocycles. The maximum absolute atomic E-state index is 12.8. The fourth-order valence-electron chi connectivity index (χ4n) is 3.21. The molecule has 1 aromatic rings. The van der Waals surface area contributed by atoms with E-state index in [2.05, 4.69) is 5.32 Å². The van der Waals surface area contributed by atoms with Gasteiger partial charge in [-0.25, -0.2) is 9.18 Å². The first kappa shape index (κ1) is 12.4. The van der Waals surface area contributed by atoms with Crippen molar-refractivity contribution in [1.29, 1.82) is 0 Å². The number of urea groups is 1. The number of hydrogen-bond acceptors (Lipinski definition) is 2. The fraction of sp³-hybridized carbons (Fsp3) is 0.500. The van der Waals surface area contributed by atoms with Crippen LogP contribution in [0.5, 0.6) is 0 Å². The molecule has 1 saturated carbocycles. The Balaban J connectivity index is 1.61. The lowest BCUT2D eigenvalue weighted by atomic mass is 9.98. The number of nitrogens with zero attached hydrogens (tertiary/aromatic N) is 1. The monoisotopic (exact) mass is 263 g/mol. The zero-order valence-corrected chi connectivity index (χ0v) is 10.7. The van der Waals surface area contributed by atoms with Gasteiger partial charge in [0.1, 0.15) is 5.82 Å². The third-order valence-corrected chi connectivity index (χ3v) is 4.30. The lowest BCUT2D eigenvalue weighted by molar-refractivity contribution is 0.218. The molecule has 1 aliphatic heterocycles. The molecule has 19 heavy (non-hydrogen) atoms. The van der Waals surface area contributed by atoms with Crippen molar-refractivity contribution in [3.8, 4) is 0 Å². The van der Waals surface area contributed by atoms with Crippen LogP contribution in [0.2, 0.25) is 0 Å². The average molecular weight is 263 g/mol. The molecule has 0 spiro atoms. The molecule has 0 aromatic heterocycles. The third kappa shape index (κ3) is 2.42. The minimum Gasteiger partial charge on any atom is -0.327 e. The molecule has 3 atom stereocenters. The van der Waals surface area contributed by atoms with Crippen molar-refractivity contribution in [3.63, 3.8) is 0 Å². The standard InChI is InChI=1S/C14H18FN3O/c15-10-2-4-11(5-3-10)17-14(19)18-7-9-1-6-13(16)12(9)8-18/h2-5,9,12-13H,1,6-8,16H2,(H,17,19). The Kier molecular flexibility index (Phi) is 3.14. The highest BCUT2D eigenvalue weighted by molar-refractivity contribution is 5.89. The van der Waals surface area contributed by atoms with Gasteiger partial charge in [0.15, 0.2) is 0 Å². The number of halogens is 1. The van der Waals surface area contributed by atoms with E-state index in [4.69, 9.17) is 5.73 Å². The van der Waals surface area contributed by atoms with Crippen LogP contribution < -0.4 is 11.1 Å². The fourth-order valence-corrected chi connectivity index (χ4v) is 3.21. The zero-order valence-electron chi connectivity index (χ0n) is 10.7. The van der Waals surface area contributed by atoms with Crippen LogP contribution in [0.4, 0.5) is 14.9 Å². The van der Waals surface area contributed by atoms with Crippen LogP contribution in [0.25, 0.3) is 0 Å². The molecule has 0 radical (unpaired) electrons. The molecule has 2 fully saturated rings. The second kappa shape index (κ2) is 4.81. The van der Waals surface area contributed by atoms with Gasteiger partial charge in [0, 0.05) is 24.8 Å². The van der Waals surface area contributed by atoms with Crippen molar-refractivity contribution < 1.29 is 9.18 Å². The molecule has 1 saturated heterocycles. The molecule has 1 aliphatic carbocycles. The largest absolute Gasteiger partial charge is 0.327 e. The van der Waals surface area contributed by atoms with E-state index in [0.29, 0.717) is 17.5 Å². The van der Waals surface area contributed by atoms with E-state index in [0.717, 1.165) is 25.9 Å². The van der Waals surface area contributed by atoms with E-state index >= 15 is 0 Å². The van der Waals surface area contributed by atoms with Crippen molar-refractivity contribution in [1.82, 2.24) is 4.90 Å². The number of nitrogens with one attached hydrogen (secondary N) is 1. The second-order valence-electron chi connectivity index (χ2n) is 5.51. The third-order valence-electron chi connectivity index (χ3n) is 4.30. The second-order valence-corrected chi connectivity index (χ2v) is 5.51. The molecular weight excluding hydrogens is 245 g/mol. The quantitative estimate of drug-likeness (QED) is 0.814. The maximum Gasteiger partial charge on any atom is 0.321 e. The first-order valence-electron chi connectivity index (χ1n) is 6.70. The van der Waals surface area contributed by atoms with Gasteiger partial charge >= 0.3 is 6.03 Å². The van der Waals surface area contributed by atoms with Gasteiger partial charge in [-0.1, -0.05) is 0 Å². The predicted molar refractivity (Wildman–Crippen MR) is 71.2 cm³/mol. The molecule has 3 N–H and O–H groups in total. The summed E-state index contributed by atoms with van der Waals surface area (Å²) in [5, 5.41) is 2.79. The maximum atomic E-state index is 12.8.